The zero-order valence-corrected chi connectivity index (χ0v) is 9.70. The topological polar surface area (TPSA) is 26.0 Å². The Bertz CT molecular complexity index is 301. The molecule has 1 aliphatic rings. The third-order valence-corrected chi connectivity index (χ3v) is 3.09. The smallest absolute Gasteiger partial charge is 0.0178 e. The average molecular weight is 263 g/mol. The number of nitrogens with two attached hydrogens (primary N) is 1. The summed E-state index contributed by atoms with van der Waals surface area (Å²) in [6, 6.07) is 6.52. The summed E-state index contributed by atoms with van der Waals surface area (Å²) in [5.74, 6) is 0.595. The van der Waals surface area contributed by atoms with Crippen molar-refractivity contribution in [2.75, 3.05) is 6.54 Å². The molecule has 1 nitrogen and oxygen atoms in total. The SMILES string of the molecule is Cl.NCC1CCc2ccc(Br)cc21. The molecule has 0 heterocycles. The van der Waals surface area contributed by atoms with E-state index in [0.29, 0.717) is 5.92 Å². The van der Waals surface area contributed by atoms with Crippen LogP contribution in [0.3, 0.4) is 0 Å². The second-order valence-electron chi connectivity index (χ2n) is 3.31. The summed E-state index contributed by atoms with van der Waals surface area (Å²) in [7, 11) is 0. The van der Waals surface area contributed by atoms with Crippen LogP contribution in [0.5, 0.6) is 0 Å². The van der Waals surface area contributed by atoms with Gasteiger partial charge in [-0.05, 0) is 48.6 Å². The van der Waals surface area contributed by atoms with Crippen LogP contribution in [-0.2, 0) is 6.42 Å². The van der Waals surface area contributed by atoms with E-state index in [1.165, 1.54) is 28.4 Å². The van der Waals surface area contributed by atoms with Gasteiger partial charge < -0.3 is 5.73 Å². The van der Waals surface area contributed by atoms with Crippen molar-refractivity contribution >= 4 is 28.3 Å². The van der Waals surface area contributed by atoms with E-state index in [1.807, 2.05) is 0 Å². The van der Waals surface area contributed by atoms with Gasteiger partial charge in [-0.3, -0.25) is 0 Å². The highest BCUT2D eigenvalue weighted by Gasteiger charge is 2.20. The van der Waals surface area contributed by atoms with Crippen LogP contribution >= 0.6 is 28.3 Å². The molecule has 2 N–H and O–H groups in total. The monoisotopic (exact) mass is 261 g/mol. The van der Waals surface area contributed by atoms with Gasteiger partial charge in [0.1, 0.15) is 0 Å². The van der Waals surface area contributed by atoms with Crippen molar-refractivity contribution < 1.29 is 0 Å². The first kappa shape index (κ1) is 11.0. The Morgan fingerprint density at radius 1 is 1.46 bits per heavy atom. The van der Waals surface area contributed by atoms with Crippen molar-refractivity contribution in [1.82, 2.24) is 0 Å². The Morgan fingerprint density at radius 3 is 2.92 bits per heavy atom. The van der Waals surface area contributed by atoms with Crippen LogP contribution in [0.15, 0.2) is 22.7 Å². The van der Waals surface area contributed by atoms with E-state index in [9.17, 15) is 0 Å². The van der Waals surface area contributed by atoms with Crippen LogP contribution < -0.4 is 5.73 Å². The quantitative estimate of drug-likeness (QED) is 0.827. The van der Waals surface area contributed by atoms with Crippen LogP contribution in [0.4, 0.5) is 0 Å². The van der Waals surface area contributed by atoms with Gasteiger partial charge in [-0.2, -0.15) is 0 Å². The van der Waals surface area contributed by atoms with E-state index in [0.717, 1.165) is 6.54 Å². The minimum absolute atomic E-state index is 0. The Morgan fingerprint density at radius 2 is 2.23 bits per heavy atom. The molecule has 1 aromatic rings. The van der Waals surface area contributed by atoms with Crippen LogP contribution in [0.2, 0.25) is 0 Å². The van der Waals surface area contributed by atoms with Crippen LogP contribution in [0.25, 0.3) is 0 Å². The first-order chi connectivity index (χ1) is 5.81. The van der Waals surface area contributed by atoms with E-state index in [-0.39, 0.29) is 12.4 Å². The van der Waals surface area contributed by atoms with Crippen molar-refractivity contribution in [3.05, 3.63) is 33.8 Å². The molecule has 3 heteroatoms. The average Bonchev–Trinajstić information content (AvgIpc) is 2.46. The minimum atomic E-state index is 0. The maximum Gasteiger partial charge on any atom is 0.0178 e. The maximum atomic E-state index is 5.68. The predicted molar refractivity (Wildman–Crippen MR) is 61.5 cm³/mol. The van der Waals surface area contributed by atoms with Gasteiger partial charge in [0.25, 0.3) is 0 Å². The van der Waals surface area contributed by atoms with E-state index in [1.54, 1.807) is 0 Å². The summed E-state index contributed by atoms with van der Waals surface area (Å²) >= 11 is 3.48. The van der Waals surface area contributed by atoms with Gasteiger partial charge in [-0.15, -0.1) is 12.4 Å². The van der Waals surface area contributed by atoms with Crippen molar-refractivity contribution in [3.8, 4) is 0 Å². The normalized spacial score (nSPS) is 19.4. The molecule has 0 saturated heterocycles. The number of aryl methyl sites for hydroxylation is 1. The number of benzene rings is 1. The number of fused-ring (bicyclic) bond motifs is 1. The summed E-state index contributed by atoms with van der Waals surface area (Å²) in [4.78, 5) is 0. The molecule has 0 spiro atoms. The maximum absolute atomic E-state index is 5.68. The molecule has 0 saturated carbocycles. The zero-order chi connectivity index (χ0) is 8.55. The third-order valence-electron chi connectivity index (χ3n) is 2.59. The second-order valence-corrected chi connectivity index (χ2v) is 4.23. The minimum Gasteiger partial charge on any atom is -0.330 e. The van der Waals surface area contributed by atoms with Gasteiger partial charge in [0, 0.05) is 4.47 Å². The van der Waals surface area contributed by atoms with Crippen LogP contribution in [0, 0.1) is 0 Å². The molecule has 0 aliphatic heterocycles. The Labute approximate surface area is 93.2 Å². The zero-order valence-electron chi connectivity index (χ0n) is 7.29. The van der Waals surface area contributed by atoms with Gasteiger partial charge in [-0.1, -0.05) is 22.0 Å². The third kappa shape index (κ3) is 2.06. The summed E-state index contributed by atoms with van der Waals surface area (Å²) in [6.07, 6.45) is 2.42. The molecule has 72 valence electrons. The summed E-state index contributed by atoms with van der Waals surface area (Å²) < 4.78 is 1.17. The number of hydrogen-bond acceptors (Lipinski definition) is 1. The molecular weight excluding hydrogens is 249 g/mol. The standard InChI is InChI=1S/C10H12BrN.ClH/c11-9-4-3-7-1-2-8(6-12)10(7)5-9;/h3-5,8H,1-2,6,12H2;1H. The lowest BCUT2D eigenvalue weighted by atomic mass is 10.0. The van der Waals surface area contributed by atoms with Gasteiger partial charge in [0.15, 0.2) is 0 Å². The Kier molecular flexibility index (Phi) is 3.77. The molecular formula is C10H13BrClN. The molecule has 0 amide bonds. The largest absolute Gasteiger partial charge is 0.330 e. The highest BCUT2D eigenvalue weighted by atomic mass is 79.9. The lowest BCUT2D eigenvalue weighted by Gasteiger charge is -2.07. The van der Waals surface area contributed by atoms with E-state index in [2.05, 4.69) is 34.1 Å². The molecule has 1 unspecified atom stereocenters. The fourth-order valence-electron chi connectivity index (χ4n) is 1.90. The molecule has 0 aromatic heterocycles. The lowest BCUT2D eigenvalue weighted by molar-refractivity contribution is 0.688. The number of halogens is 2. The van der Waals surface area contributed by atoms with E-state index < -0.39 is 0 Å². The lowest BCUT2D eigenvalue weighted by Crippen LogP contribution is -2.09. The van der Waals surface area contributed by atoms with Crippen LogP contribution in [0.1, 0.15) is 23.5 Å². The molecule has 1 aliphatic carbocycles. The van der Waals surface area contributed by atoms with E-state index in [4.69, 9.17) is 5.73 Å². The van der Waals surface area contributed by atoms with E-state index >= 15 is 0 Å². The first-order valence-corrected chi connectivity index (χ1v) is 5.09. The van der Waals surface area contributed by atoms with Crippen molar-refractivity contribution in [2.45, 2.75) is 18.8 Å². The highest BCUT2D eigenvalue weighted by molar-refractivity contribution is 9.10. The Balaban J connectivity index is 0.000000845. The molecule has 0 bridgehead atoms. The second kappa shape index (κ2) is 4.45. The van der Waals surface area contributed by atoms with Gasteiger partial charge in [-0.25, -0.2) is 0 Å². The van der Waals surface area contributed by atoms with Gasteiger partial charge in [0.2, 0.25) is 0 Å². The summed E-state index contributed by atoms with van der Waals surface area (Å²) in [5.41, 5.74) is 8.61. The molecule has 1 aromatic carbocycles. The molecule has 0 radical (unpaired) electrons. The van der Waals surface area contributed by atoms with Crippen molar-refractivity contribution in [2.24, 2.45) is 5.73 Å². The summed E-state index contributed by atoms with van der Waals surface area (Å²) in [5, 5.41) is 0. The number of hydrogen-bond donors (Lipinski definition) is 1. The summed E-state index contributed by atoms with van der Waals surface area (Å²) in [6.45, 7) is 0.781. The fourth-order valence-corrected chi connectivity index (χ4v) is 2.28. The van der Waals surface area contributed by atoms with Crippen molar-refractivity contribution in [3.63, 3.8) is 0 Å². The van der Waals surface area contributed by atoms with Gasteiger partial charge >= 0.3 is 0 Å². The predicted octanol–water partition coefficient (Wildman–Crippen LogP) is 2.86. The number of rotatable bonds is 1. The Hall–Kier alpha value is -0.0500. The van der Waals surface area contributed by atoms with Crippen molar-refractivity contribution in [1.29, 1.82) is 0 Å². The highest BCUT2D eigenvalue weighted by Crippen LogP contribution is 2.33. The first-order valence-electron chi connectivity index (χ1n) is 4.29. The van der Waals surface area contributed by atoms with Gasteiger partial charge in [0.05, 0.1) is 0 Å². The molecule has 1 atom stereocenters. The molecule has 0 fully saturated rings. The fraction of sp³-hybridized carbons (Fsp3) is 0.400. The van der Waals surface area contributed by atoms with Crippen LogP contribution in [-0.4, -0.2) is 6.54 Å². The molecule has 13 heavy (non-hydrogen) atoms. The molecule has 2 rings (SSSR count).